The third-order valence-electron chi connectivity index (χ3n) is 3.71. The molecule has 1 aromatic carbocycles. The van der Waals surface area contributed by atoms with Gasteiger partial charge in [-0.25, -0.2) is 4.79 Å². The maximum Gasteiger partial charge on any atom is 0.424 e. The minimum Gasteiger partial charge on any atom is -0.497 e. The summed E-state index contributed by atoms with van der Waals surface area (Å²) in [5.74, 6) is 0.307. The number of nitrogens with zero attached hydrogens (tertiary/aromatic N) is 2. The Balaban J connectivity index is 2.36. The molecule has 2 rings (SSSR count). The predicted molar refractivity (Wildman–Crippen MR) is 85.8 cm³/mol. The van der Waals surface area contributed by atoms with Crippen LogP contribution in [-0.2, 0) is 19.7 Å². The van der Waals surface area contributed by atoms with E-state index in [1.54, 1.807) is 31.2 Å². The van der Waals surface area contributed by atoms with Crippen molar-refractivity contribution >= 4 is 22.1 Å². The lowest BCUT2D eigenvalue weighted by Crippen LogP contribution is -2.47. The van der Waals surface area contributed by atoms with Crippen LogP contribution in [0.5, 0.6) is 5.75 Å². The molecule has 0 bridgehead atoms. The molecule has 0 spiro atoms. The number of rotatable bonds is 7. The molecule has 1 fully saturated rings. The zero-order chi connectivity index (χ0) is 17.9. The molecular formula is C15H20N2O6S. The van der Waals surface area contributed by atoms with Crippen LogP contribution in [0.4, 0.5) is 4.79 Å². The van der Waals surface area contributed by atoms with Crippen LogP contribution in [-0.4, -0.2) is 55.7 Å². The number of cyclic esters (lactones) is 1. The first-order valence-electron chi connectivity index (χ1n) is 7.37. The molecule has 0 unspecified atom stereocenters. The summed E-state index contributed by atoms with van der Waals surface area (Å²) in [6, 6.07) is 6.20. The Bertz CT molecular complexity index is 716. The van der Waals surface area contributed by atoms with Gasteiger partial charge in [-0.15, -0.1) is 0 Å². The molecule has 0 aromatic heterocycles. The molecule has 24 heavy (non-hydrogen) atoms. The van der Waals surface area contributed by atoms with E-state index in [9.17, 15) is 18.0 Å². The Morgan fingerprint density at radius 1 is 1.38 bits per heavy atom. The molecule has 0 N–H and O–H groups in total. The van der Waals surface area contributed by atoms with Crippen LogP contribution >= 0.6 is 0 Å². The summed E-state index contributed by atoms with van der Waals surface area (Å²) < 4.78 is 37.0. The van der Waals surface area contributed by atoms with E-state index in [1.165, 1.54) is 14.0 Å². The van der Waals surface area contributed by atoms with Gasteiger partial charge in [-0.3, -0.25) is 4.79 Å². The fraction of sp³-hybridized carbons (Fsp3) is 0.467. The predicted octanol–water partition coefficient (Wildman–Crippen LogP) is 1.34. The topological polar surface area (TPSA) is 93.2 Å². The molecule has 1 aromatic rings. The summed E-state index contributed by atoms with van der Waals surface area (Å²) in [5, 5.41) is 0. The van der Waals surface area contributed by atoms with E-state index in [0.29, 0.717) is 15.6 Å². The summed E-state index contributed by atoms with van der Waals surface area (Å²) in [4.78, 5) is 23.2. The zero-order valence-electron chi connectivity index (χ0n) is 13.8. The fourth-order valence-electron chi connectivity index (χ4n) is 2.40. The maximum atomic E-state index is 12.8. The van der Waals surface area contributed by atoms with Gasteiger partial charge in [-0.2, -0.15) is 17.0 Å². The summed E-state index contributed by atoms with van der Waals surface area (Å²) >= 11 is 0. The molecule has 0 aliphatic carbocycles. The van der Waals surface area contributed by atoms with Gasteiger partial charge in [0.15, 0.2) is 0 Å². The van der Waals surface area contributed by atoms with E-state index in [0.717, 1.165) is 4.31 Å². The van der Waals surface area contributed by atoms with Crippen LogP contribution in [0.3, 0.4) is 0 Å². The number of carbonyl (C=O) groups excluding carboxylic acids is 2. The zero-order valence-corrected chi connectivity index (χ0v) is 14.6. The van der Waals surface area contributed by atoms with Crippen molar-refractivity contribution in [1.82, 2.24) is 8.61 Å². The summed E-state index contributed by atoms with van der Waals surface area (Å²) in [5.41, 5.74) is 0.674. The smallest absolute Gasteiger partial charge is 0.424 e. The van der Waals surface area contributed by atoms with E-state index in [-0.39, 0.29) is 25.5 Å². The standard InChI is InChI=1S/C15H20N2O6S/c1-11(18)10-17(24(20,21)16-8-9-23-15(16)19)12(2)13-4-6-14(22-3)7-5-13/h4-7,12H,8-10H2,1-3H3/t12-/m0/s1. The number of amides is 1. The first-order chi connectivity index (χ1) is 11.3. The Morgan fingerprint density at radius 3 is 2.46 bits per heavy atom. The first kappa shape index (κ1) is 18.2. The lowest BCUT2D eigenvalue weighted by atomic mass is 10.1. The number of ether oxygens (including phenoxy) is 2. The minimum atomic E-state index is -4.17. The van der Waals surface area contributed by atoms with Crippen molar-refractivity contribution in [2.75, 3.05) is 26.8 Å². The number of Topliss-reactive ketones (excluding diaryl/α,β-unsaturated/α-hetero) is 1. The molecule has 1 saturated heterocycles. The summed E-state index contributed by atoms with van der Waals surface area (Å²) in [6.45, 7) is 2.56. The minimum absolute atomic E-state index is 0.00287. The number of hydrogen-bond acceptors (Lipinski definition) is 6. The van der Waals surface area contributed by atoms with Gasteiger partial charge in [-0.05, 0) is 31.5 Å². The molecule has 132 valence electrons. The third-order valence-corrected chi connectivity index (χ3v) is 5.63. The number of carbonyl (C=O) groups is 2. The largest absolute Gasteiger partial charge is 0.497 e. The number of ketones is 1. The van der Waals surface area contributed by atoms with Crippen LogP contribution in [0, 0.1) is 0 Å². The van der Waals surface area contributed by atoms with Crippen molar-refractivity contribution in [3.8, 4) is 5.75 Å². The molecule has 8 nitrogen and oxygen atoms in total. The molecule has 9 heteroatoms. The maximum absolute atomic E-state index is 12.8. The van der Waals surface area contributed by atoms with Crippen molar-refractivity contribution in [1.29, 1.82) is 0 Å². The van der Waals surface area contributed by atoms with Gasteiger partial charge in [0, 0.05) is 6.04 Å². The summed E-state index contributed by atoms with van der Waals surface area (Å²) in [6.07, 6.45) is -0.925. The second-order valence-corrected chi connectivity index (χ2v) is 7.20. The van der Waals surface area contributed by atoms with Gasteiger partial charge < -0.3 is 9.47 Å². The van der Waals surface area contributed by atoms with Crippen molar-refractivity contribution in [2.45, 2.75) is 19.9 Å². The highest BCUT2D eigenvalue weighted by Gasteiger charge is 2.40. The average molecular weight is 356 g/mol. The Kier molecular flexibility index (Phi) is 5.45. The number of hydrogen-bond donors (Lipinski definition) is 0. The molecule has 1 amide bonds. The van der Waals surface area contributed by atoms with Gasteiger partial charge in [0.25, 0.3) is 0 Å². The van der Waals surface area contributed by atoms with Crippen LogP contribution in [0.25, 0.3) is 0 Å². The van der Waals surface area contributed by atoms with Gasteiger partial charge >= 0.3 is 16.3 Å². The lowest BCUT2D eigenvalue weighted by Gasteiger charge is -2.30. The highest BCUT2D eigenvalue weighted by Crippen LogP contribution is 2.27. The molecule has 0 radical (unpaired) electrons. The van der Waals surface area contributed by atoms with Crippen molar-refractivity contribution in [3.05, 3.63) is 29.8 Å². The van der Waals surface area contributed by atoms with Crippen molar-refractivity contribution < 1.29 is 27.5 Å². The van der Waals surface area contributed by atoms with Crippen molar-refractivity contribution in [2.24, 2.45) is 0 Å². The van der Waals surface area contributed by atoms with E-state index < -0.39 is 22.3 Å². The van der Waals surface area contributed by atoms with Crippen LogP contribution in [0.2, 0.25) is 0 Å². The normalized spacial score (nSPS) is 16.2. The second kappa shape index (κ2) is 7.18. The van der Waals surface area contributed by atoms with Gasteiger partial charge in [0.05, 0.1) is 20.2 Å². The Morgan fingerprint density at radius 2 is 2.00 bits per heavy atom. The Labute approximate surface area is 141 Å². The number of methoxy groups -OCH3 is 1. The Hall–Kier alpha value is -2.13. The van der Waals surface area contributed by atoms with Crippen LogP contribution in [0.1, 0.15) is 25.5 Å². The second-order valence-electron chi connectivity index (χ2n) is 5.39. The third kappa shape index (κ3) is 3.68. The molecule has 1 aliphatic rings. The van der Waals surface area contributed by atoms with E-state index in [2.05, 4.69) is 0 Å². The summed E-state index contributed by atoms with van der Waals surface area (Å²) in [7, 11) is -2.64. The van der Waals surface area contributed by atoms with E-state index in [4.69, 9.17) is 9.47 Å². The first-order valence-corrected chi connectivity index (χ1v) is 8.76. The molecule has 1 heterocycles. The van der Waals surface area contributed by atoms with Gasteiger partial charge in [-0.1, -0.05) is 12.1 Å². The van der Waals surface area contributed by atoms with E-state index in [1.807, 2.05) is 0 Å². The molecule has 1 aliphatic heterocycles. The van der Waals surface area contributed by atoms with Gasteiger partial charge in [0.2, 0.25) is 0 Å². The molecular weight excluding hydrogens is 336 g/mol. The monoisotopic (exact) mass is 356 g/mol. The highest BCUT2D eigenvalue weighted by atomic mass is 32.2. The number of benzene rings is 1. The van der Waals surface area contributed by atoms with Crippen LogP contribution < -0.4 is 4.74 Å². The van der Waals surface area contributed by atoms with Crippen LogP contribution in [0.15, 0.2) is 24.3 Å². The lowest BCUT2D eigenvalue weighted by molar-refractivity contribution is -0.117. The SMILES string of the molecule is COc1ccc([C@H](C)N(CC(C)=O)S(=O)(=O)N2CCOC2=O)cc1. The fourth-order valence-corrected chi connectivity index (χ4v) is 4.07. The molecule has 0 saturated carbocycles. The quantitative estimate of drug-likeness (QED) is 0.732. The molecule has 1 atom stereocenters. The van der Waals surface area contributed by atoms with Gasteiger partial charge in [0.1, 0.15) is 18.1 Å². The van der Waals surface area contributed by atoms with Crippen molar-refractivity contribution in [3.63, 3.8) is 0 Å². The average Bonchev–Trinajstić information content (AvgIpc) is 2.98. The van der Waals surface area contributed by atoms with E-state index >= 15 is 0 Å². The highest BCUT2D eigenvalue weighted by molar-refractivity contribution is 7.87.